The highest BCUT2D eigenvalue weighted by molar-refractivity contribution is 5.90. The van der Waals surface area contributed by atoms with E-state index in [1.165, 1.54) is 12.5 Å². The molecule has 3 rings (SSSR count). The minimum absolute atomic E-state index is 0.0171. The Kier molecular flexibility index (Phi) is 3.32. The molecule has 0 radical (unpaired) electrons. The van der Waals surface area contributed by atoms with Crippen molar-refractivity contribution < 1.29 is 9.59 Å². The van der Waals surface area contributed by atoms with E-state index < -0.39 is 0 Å². The van der Waals surface area contributed by atoms with Crippen LogP contribution in [0, 0.1) is 0 Å². The molecule has 2 aliphatic heterocycles. The summed E-state index contributed by atoms with van der Waals surface area (Å²) in [6.45, 7) is 4.88. The van der Waals surface area contributed by atoms with Crippen LogP contribution >= 0.6 is 0 Å². The molecule has 2 amide bonds. The van der Waals surface area contributed by atoms with Gasteiger partial charge in [0.2, 0.25) is 11.8 Å². The molecule has 1 saturated carbocycles. The average Bonchev–Trinajstić information content (AvgIpc) is 2.72. The van der Waals surface area contributed by atoms with E-state index in [1.807, 2.05) is 0 Å². The van der Waals surface area contributed by atoms with Gasteiger partial charge in [0.1, 0.15) is 0 Å². The van der Waals surface area contributed by atoms with E-state index in [1.54, 1.807) is 4.90 Å². The summed E-state index contributed by atoms with van der Waals surface area (Å²) in [5.74, 6) is 0.150. The van der Waals surface area contributed by atoms with Crippen LogP contribution in [0.4, 0.5) is 0 Å². The van der Waals surface area contributed by atoms with E-state index in [9.17, 15) is 9.59 Å². The fourth-order valence-electron chi connectivity index (χ4n) is 3.88. The van der Waals surface area contributed by atoms with Crippen LogP contribution in [0.2, 0.25) is 0 Å². The number of nitrogens with one attached hydrogen (secondary N) is 2. The number of hydrogen-bond acceptors (Lipinski definition) is 3. The van der Waals surface area contributed by atoms with Crippen LogP contribution < -0.4 is 10.6 Å². The number of carbonyl (C=O) groups is 2. The predicted octanol–water partition coefficient (Wildman–Crippen LogP) is 0.913. The Morgan fingerprint density at radius 2 is 1.80 bits per heavy atom. The van der Waals surface area contributed by atoms with E-state index >= 15 is 0 Å². The van der Waals surface area contributed by atoms with Crippen molar-refractivity contribution >= 4 is 11.8 Å². The molecule has 5 heteroatoms. The Balaban J connectivity index is 1.69. The van der Waals surface area contributed by atoms with Gasteiger partial charge in [0.05, 0.1) is 11.2 Å². The van der Waals surface area contributed by atoms with Crippen molar-refractivity contribution in [1.82, 2.24) is 15.5 Å². The van der Waals surface area contributed by atoms with Gasteiger partial charge in [0, 0.05) is 25.9 Å². The maximum atomic E-state index is 12.4. The molecule has 1 aliphatic carbocycles. The summed E-state index contributed by atoms with van der Waals surface area (Å²) >= 11 is 0. The standard InChI is InChI=1S/C15H23N3O2/c1-2-12(19)18-10-8-15(9-11-18)16-13(20)14(17-15)6-4-3-5-7-14/h2,17H,1,3-11H2,(H,16,20). The molecule has 20 heavy (non-hydrogen) atoms. The molecule has 2 N–H and O–H groups in total. The SMILES string of the molecule is C=CC(=O)N1CCC2(CC1)NC(=O)C1(CCCCC1)N2. The summed E-state index contributed by atoms with van der Waals surface area (Å²) in [4.78, 5) is 25.9. The lowest BCUT2D eigenvalue weighted by Gasteiger charge is -2.41. The monoisotopic (exact) mass is 277 g/mol. The zero-order valence-electron chi connectivity index (χ0n) is 11.9. The second-order valence-corrected chi connectivity index (χ2v) is 6.33. The third kappa shape index (κ3) is 2.14. The van der Waals surface area contributed by atoms with Crippen molar-refractivity contribution in [3.05, 3.63) is 12.7 Å². The van der Waals surface area contributed by atoms with Crippen molar-refractivity contribution in [3.63, 3.8) is 0 Å². The summed E-state index contributed by atoms with van der Waals surface area (Å²) in [6.07, 6.45) is 8.27. The average molecular weight is 277 g/mol. The van der Waals surface area contributed by atoms with Crippen molar-refractivity contribution in [2.24, 2.45) is 0 Å². The van der Waals surface area contributed by atoms with Gasteiger partial charge in [-0.2, -0.15) is 0 Å². The summed E-state index contributed by atoms with van der Waals surface area (Å²) < 4.78 is 0. The molecule has 110 valence electrons. The molecule has 2 saturated heterocycles. The topological polar surface area (TPSA) is 61.4 Å². The second kappa shape index (κ2) is 4.88. The lowest BCUT2D eigenvalue weighted by atomic mass is 9.81. The molecule has 0 unspecified atom stereocenters. The molecule has 2 spiro atoms. The maximum absolute atomic E-state index is 12.4. The van der Waals surface area contributed by atoms with Gasteiger partial charge < -0.3 is 10.2 Å². The third-order valence-electron chi connectivity index (χ3n) is 5.08. The van der Waals surface area contributed by atoms with Crippen LogP contribution in [0.15, 0.2) is 12.7 Å². The Labute approximate surface area is 119 Å². The Bertz CT molecular complexity index is 432. The van der Waals surface area contributed by atoms with E-state index in [2.05, 4.69) is 17.2 Å². The van der Waals surface area contributed by atoms with Gasteiger partial charge >= 0.3 is 0 Å². The number of rotatable bonds is 1. The van der Waals surface area contributed by atoms with Gasteiger partial charge in [-0.05, 0) is 18.9 Å². The van der Waals surface area contributed by atoms with Gasteiger partial charge in [0.15, 0.2) is 0 Å². The van der Waals surface area contributed by atoms with Crippen LogP contribution in [-0.4, -0.2) is 41.0 Å². The molecule has 0 bridgehead atoms. The molecular formula is C15H23N3O2. The summed E-state index contributed by atoms with van der Waals surface area (Å²) in [5.41, 5.74) is -0.644. The first-order valence-electron chi connectivity index (χ1n) is 7.63. The minimum atomic E-state index is -0.344. The highest BCUT2D eigenvalue weighted by atomic mass is 16.2. The molecule has 5 nitrogen and oxygen atoms in total. The predicted molar refractivity (Wildman–Crippen MR) is 75.8 cm³/mol. The van der Waals surface area contributed by atoms with Crippen molar-refractivity contribution in [2.45, 2.75) is 56.1 Å². The summed E-state index contributed by atoms with van der Waals surface area (Å²) in [6, 6.07) is 0. The number of nitrogens with zero attached hydrogens (tertiary/aromatic N) is 1. The fraction of sp³-hybridized carbons (Fsp3) is 0.733. The largest absolute Gasteiger partial charge is 0.339 e. The first-order chi connectivity index (χ1) is 9.59. The number of carbonyl (C=O) groups excluding carboxylic acids is 2. The number of piperidine rings is 1. The Morgan fingerprint density at radius 3 is 2.40 bits per heavy atom. The Hall–Kier alpha value is -1.36. The first kappa shape index (κ1) is 13.6. The van der Waals surface area contributed by atoms with Gasteiger partial charge in [-0.3, -0.25) is 14.9 Å². The van der Waals surface area contributed by atoms with Crippen LogP contribution in [0.5, 0.6) is 0 Å². The van der Waals surface area contributed by atoms with Crippen LogP contribution in [0.25, 0.3) is 0 Å². The number of likely N-dealkylation sites (tertiary alicyclic amines) is 1. The lowest BCUT2D eigenvalue weighted by Crippen LogP contribution is -2.60. The van der Waals surface area contributed by atoms with E-state index in [0.717, 1.165) is 38.5 Å². The number of amides is 2. The maximum Gasteiger partial charge on any atom is 0.245 e. The minimum Gasteiger partial charge on any atom is -0.339 e. The van der Waals surface area contributed by atoms with Gasteiger partial charge in [-0.15, -0.1) is 0 Å². The van der Waals surface area contributed by atoms with Crippen LogP contribution in [0.1, 0.15) is 44.9 Å². The van der Waals surface area contributed by atoms with Crippen molar-refractivity contribution in [2.75, 3.05) is 13.1 Å². The van der Waals surface area contributed by atoms with Crippen molar-refractivity contribution in [1.29, 1.82) is 0 Å². The Morgan fingerprint density at radius 1 is 1.15 bits per heavy atom. The smallest absolute Gasteiger partial charge is 0.245 e. The van der Waals surface area contributed by atoms with E-state index in [-0.39, 0.29) is 23.0 Å². The highest BCUT2D eigenvalue weighted by Crippen LogP contribution is 2.37. The van der Waals surface area contributed by atoms with Crippen LogP contribution in [-0.2, 0) is 9.59 Å². The molecule has 0 atom stereocenters. The van der Waals surface area contributed by atoms with Crippen LogP contribution in [0.3, 0.4) is 0 Å². The third-order valence-corrected chi connectivity index (χ3v) is 5.08. The zero-order chi connectivity index (χ0) is 14.2. The summed E-state index contributed by atoms with van der Waals surface area (Å²) in [5, 5.41) is 6.82. The number of hydrogen-bond donors (Lipinski definition) is 2. The first-order valence-corrected chi connectivity index (χ1v) is 7.63. The molecule has 2 heterocycles. The zero-order valence-corrected chi connectivity index (χ0v) is 11.9. The molecule has 0 aromatic heterocycles. The van der Waals surface area contributed by atoms with Gasteiger partial charge in [-0.25, -0.2) is 0 Å². The highest BCUT2D eigenvalue weighted by Gasteiger charge is 2.54. The molecule has 3 fully saturated rings. The fourth-order valence-corrected chi connectivity index (χ4v) is 3.88. The van der Waals surface area contributed by atoms with E-state index in [4.69, 9.17) is 0 Å². The normalized spacial score (nSPS) is 27.6. The van der Waals surface area contributed by atoms with Crippen molar-refractivity contribution in [3.8, 4) is 0 Å². The van der Waals surface area contributed by atoms with E-state index in [0.29, 0.717) is 13.1 Å². The molecular weight excluding hydrogens is 254 g/mol. The molecule has 0 aromatic carbocycles. The molecule has 0 aromatic rings. The summed E-state index contributed by atoms with van der Waals surface area (Å²) in [7, 11) is 0. The van der Waals surface area contributed by atoms with Gasteiger partial charge in [-0.1, -0.05) is 25.8 Å². The second-order valence-electron chi connectivity index (χ2n) is 6.33. The van der Waals surface area contributed by atoms with Gasteiger partial charge in [0.25, 0.3) is 0 Å². The quantitative estimate of drug-likeness (QED) is 0.700. The molecule has 3 aliphatic rings. The lowest BCUT2D eigenvalue weighted by molar-refractivity contribution is -0.127.